The van der Waals surface area contributed by atoms with Crippen molar-refractivity contribution in [3.05, 3.63) is 0 Å². The molecular weight excluding hydrogens is 263 g/mol. The number of guanidine groups is 1. The summed E-state index contributed by atoms with van der Waals surface area (Å²) in [7, 11) is -4.25. The quantitative estimate of drug-likeness (QED) is 0.130. The van der Waals surface area contributed by atoms with E-state index in [-0.39, 0.29) is 12.4 Å². The molecule has 106 valence electrons. The van der Waals surface area contributed by atoms with Crippen LogP contribution in [-0.2, 0) is 9.36 Å². The minimum Gasteiger partial charge on any atom is -0.480 e. The lowest BCUT2D eigenvalue weighted by Crippen LogP contribution is -2.37. The highest BCUT2D eigenvalue weighted by molar-refractivity contribution is 7.51. The highest BCUT2D eigenvalue weighted by atomic mass is 31.2. The first-order valence-corrected chi connectivity index (χ1v) is 7.08. The Bertz CT molecular complexity index is 338. The largest absolute Gasteiger partial charge is 0.480 e. The number of unbranched alkanes of at least 4 members (excludes halogenated alkanes) is 1. The fraction of sp³-hybridized carbons (Fsp3) is 0.750. The standard InChI is InChI=1S/C8H19N4O5P/c9-8(10)11-4-2-1-3-6(7(13)14)12-5-18(15,16)17/h6,12H,1-5H2,(H,13,14)(H4,9,10,11)(H2,15,16,17). The van der Waals surface area contributed by atoms with Gasteiger partial charge >= 0.3 is 13.6 Å². The molecule has 10 heteroatoms. The van der Waals surface area contributed by atoms with Gasteiger partial charge in [-0.05, 0) is 19.3 Å². The number of aliphatic imine (C=N–C) groups is 1. The van der Waals surface area contributed by atoms with Crippen molar-refractivity contribution < 1.29 is 24.3 Å². The molecule has 0 saturated carbocycles. The second kappa shape index (κ2) is 8.04. The lowest BCUT2D eigenvalue weighted by Gasteiger charge is -2.14. The normalized spacial score (nSPS) is 13.0. The summed E-state index contributed by atoms with van der Waals surface area (Å²) in [6.07, 6.45) is 0.717. The molecule has 1 unspecified atom stereocenters. The average Bonchev–Trinajstić information content (AvgIpc) is 2.19. The number of aliphatic carboxylic acids is 1. The van der Waals surface area contributed by atoms with E-state index in [0.717, 1.165) is 0 Å². The van der Waals surface area contributed by atoms with Crippen LogP contribution in [0.5, 0.6) is 0 Å². The summed E-state index contributed by atoms with van der Waals surface area (Å²) in [4.78, 5) is 31.8. The van der Waals surface area contributed by atoms with E-state index in [1.165, 1.54) is 0 Å². The molecule has 0 radical (unpaired) electrons. The molecule has 18 heavy (non-hydrogen) atoms. The molecule has 0 aromatic heterocycles. The lowest BCUT2D eigenvalue weighted by molar-refractivity contribution is -0.139. The van der Waals surface area contributed by atoms with Crippen LogP contribution in [0.4, 0.5) is 0 Å². The molecule has 0 spiro atoms. The van der Waals surface area contributed by atoms with E-state index in [1.807, 2.05) is 0 Å². The van der Waals surface area contributed by atoms with Gasteiger partial charge in [-0.3, -0.25) is 19.7 Å². The Kier molecular flexibility index (Phi) is 7.53. The van der Waals surface area contributed by atoms with Gasteiger partial charge in [-0.15, -0.1) is 0 Å². The molecule has 8 N–H and O–H groups in total. The lowest BCUT2D eigenvalue weighted by atomic mass is 10.1. The van der Waals surface area contributed by atoms with Gasteiger partial charge in [0.2, 0.25) is 0 Å². The topological polar surface area (TPSA) is 171 Å². The van der Waals surface area contributed by atoms with Crippen molar-refractivity contribution in [1.29, 1.82) is 0 Å². The average molecular weight is 282 g/mol. The Hall–Kier alpha value is -1.15. The van der Waals surface area contributed by atoms with E-state index in [4.69, 9.17) is 26.4 Å². The van der Waals surface area contributed by atoms with Crippen molar-refractivity contribution >= 4 is 19.5 Å². The van der Waals surface area contributed by atoms with Gasteiger partial charge < -0.3 is 26.4 Å². The van der Waals surface area contributed by atoms with Crippen LogP contribution in [0.2, 0.25) is 0 Å². The summed E-state index contributed by atoms with van der Waals surface area (Å²) in [6.45, 7) is 0.396. The van der Waals surface area contributed by atoms with Gasteiger partial charge in [0.25, 0.3) is 0 Å². The number of carboxylic acids is 1. The van der Waals surface area contributed by atoms with Crippen LogP contribution >= 0.6 is 7.60 Å². The fourth-order valence-electron chi connectivity index (χ4n) is 1.21. The minimum absolute atomic E-state index is 0.0237. The van der Waals surface area contributed by atoms with Crippen LogP contribution in [0.1, 0.15) is 19.3 Å². The molecule has 0 aliphatic carbocycles. The number of hydrogen-bond acceptors (Lipinski definition) is 4. The molecule has 0 fully saturated rings. The summed E-state index contributed by atoms with van der Waals surface area (Å²) in [6, 6.07) is -0.989. The van der Waals surface area contributed by atoms with Crippen molar-refractivity contribution in [2.75, 3.05) is 12.8 Å². The van der Waals surface area contributed by atoms with E-state index in [1.54, 1.807) is 0 Å². The molecule has 0 aliphatic rings. The molecule has 0 amide bonds. The number of carboxylic acid groups (broad SMARTS) is 1. The molecular formula is C8H19N4O5P. The van der Waals surface area contributed by atoms with Gasteiger partial charge in [-0.2, -0.15) is 0 Å². The zero-order valence-electron chi connectivity index (χ0n) is 9.82. The zero-order valence-corrected chi connectivity index (χ0v) is 10.7. The van der Waals surface area contributed by atoms with E-state index in [2.05, 4.69) is 10.3 Å². The third-order valence-corrected chi connectivity index (χ3v) is 2.63. The minimum atomic E-state index is -4.25. The number of nitrogens with two attached hydrogens (primary N) is 2. The summed E-state index contributed by atoms with van der Waals surface area (Å²) < 4.78 is 10.6. The van der Waals surface area contributed by atoms with Crippen LogP contribution in [0.15, 0.2) is 4.99 Å². The Labute approximate surface area is 104 Å². The first kappa shape index (κ1) is 16.9. The maximum Gasteiger partial charge on any atom is 0.339 e. The Balaban J connectivity index is 3.95. The van der Waals surface area contributed by atoms with Crippen LogP contribution in [0.3, 0.4) is 0 Å². The smallest absolute Gasteiger partial charge is 0.339 e. The van der Waals surface area contributed by atoms with Crippen molar-refractivity contribution in [1.82, 2.24) is 5.32 Å². The number of hydrogen-bond donors (Lipinski definition) is 6. The van der Waals surface area contributed by atoms with Crippen LogP contribution in [-0.4, -0.2) is 45.7 Å². The molecule has 1 atom stereocenters. The molecule has 0 aromatic carbocycles. The first-order valence-electron chi connectivity index (χ1n) is 5.28. The Morgan fingerprint density at radius 1 is 1.33 bits per heavy atom. The monoisotopic (exact) mass is 282 g/mol. The van der Waals surface area contributed by atoms with Crippen LogP contribution in [0.25, 0.3) is 0 Å². The molecule has 0 aromatic rings. The van der Waals surface area contributed by atoms with Crippen molar-refractivity contribution in [2.24, 2.45) is 16.5 Å². The molecule has 9 nitrogen and oxygen atoms in total. The third kappa shape index (κ3) is 10.0. The third-order valence-electron chi connectivity index (χ3n) is 2.04. The Morgan fingerprint density at radius 2 is 1.94 bits per heavy atom. The predicted octanol–water partition coefficient (Wildman–Crippen LogP) is -1.39. The van der Waals surface area contributed by atoms with Gasteiger partial charge in [0.15, 0.2) is 5.96 Å². The molecule has 0 rings (SSSR count). The molecule has 0 bridgehead atoms. The van der Waals surface area contributed by atoms with E-state index < -0.39 is 25.9 Å². The first-order chi connectivity index (χ1) is 8.22. The summed E-state index contributed by atoms with van der Waals surface area (Å²) in [5, 5.41) is 11.1. The number of nitrogens with zero attached hydrogens (tertiary/aromatic N) is 1. The van der Waals surface area contributed by atoms with Gasteiger partial charge in [0.1, 0.15) is 6.04 Å². The van der Waals surface area contributed by atoms with Gasteiger partial charge in [-0.1, -0.05) is 0 Å². The Morgan fingerprint density at radius 3 is 2.39 bits per heavy atom. The number of rotatable bonds is 9. The summed E-state index contributed by atoms with van der Waals surface area (Å²) in [5.41, 5.74) is 10.2. The maximum atomic E-state index is 10.8. The van der Waals surface area contributed by atoms with Crippen molar-refractivity contribution in [2.45, 2.75) is 25.3 Å². The van der Waals surface area contributed by atoms with Gasteiger partial charge in [-0.25, -0.2) is 0 Å². The van der Waals surface area contributed by atoms with Gasteiger partial charge in [0.05, 0.1) is 6.29 Å². The molecule has 0 heterocycles. The van der Waals surface area contributed by atoms with E-state index >= 15 is 0 Å². The van der Waals surface area contributed by atoms with E-state index in [0.29, 0.717) is 19.4 Å². The summed E-state index contributed by atoms with van der Waals surface area (Å²) >= 11 is 0. The molecule has 0 aliphatic heterocycles. The predicted molar refractivity (Wildman–Crippen MR) is 66.0 cm³/mol. The molecule has 0 saturated heterocycles. The van der Waals surface area contributed by atoms with Gasteiger partial charge in [0, 0.05) is 6.54 Å². The van der Waals surface area contributed by atoms with Crippen molar-refractivity contribution in [3.8, 4) is 0 Å². The van der Waals surface area contributed by atoms with Crippen molar-refractivity contribution in [3.63, 3.8) is 0 Å². The highest BCUT2D eigenvalue weighted by Gasteiger charge is 2.21. The second-order valence-corrected chi connectivity index (χ2v) is 5.37. The summed E-state index contributed by atoms with van der Waals surface area (Å²) in [5.74, 6) is -1.17. The van der Waals surface area contributed by atoms with E-state index in [9.17, 15) is 9.36 Å². The SMILES string of the molecule is NC(N)=NCCCCC(NCP(=O)(O)O)C(=O)O. The van der Waals surface area contributed by atoms with Crippen LogP contribution < -0.4 is 16.8 Å². The second-order valence-electron chi connectivity index (χ2n) is 3.72. The number of nitrogens with one attached hydrogen (secondary N) is 1. The van der Waals surface area contributed by atoms with Crippen LogP contribution in [0, 0.1) is 0 Å². The number of carbonyl (C=O) groups is 1. The fourth-order valence-corrected chi connectivity index (χ4v) is 1.67. The zero-order chi connectivity index (χ0) is 14.2. The highest BCUT2D eigenvalue weighted by Crippen LogP contribution is 2.32. The maximum absolute atomic E-state index is 10.8.